The number of nitrogens with two attached hydrogens (primary N) is 1. The molecule has 0 saturated carbocycles. The van der Waals surface area contributed by atoms with Gasteiger partial charge in [0, 0.05) is 12.7 Å². The Morgan fingerprint density at radius 3 is 2.61 bits per heavy atom. The Morgan fingerprint density at radius 2 is 1.96 bits per heavy atom. The average Bonchev–Trinajstić information content (AvgIpc) is 2.93. The number of esters is 1. The van der Waals surface area contributed by atoms with Gasteiger partial charge in [-0.25, -0.2) is 4.79 Å². The third-order valence-corrected chi connectivity index (χ3v) is 3.73. The van der Waals surface area contributed by atoms with Crippen LogP contribution in [0.15, 0.2) is 36.5 Å². The van der Waals surface area contributed by atoms with Crippen molar-refractivity contribution in [2.75, 3.05) is 32.0 Å². The van der Waals surface area contributed by atoms with Crippen LogP contribution in [0.1, 0.15) is 29.8 Å². The highest BCUT2D eigenvalue weighted by Crippen LogP contribution is 2.12. The van der Waals surface area contributed by atoms with E-state index in [0.29, 0.717) is 18.7 Å². The Balaban J connectivity index is 1.93. The predicted molar refractivity (Wildman–Crippen MR) is 90.3 cm³/mol. The molecule has 0 atom stereocenters. The molecule has 23 heavy (non-hydrogen) atoms. The van der Waals surface area contributed by atoms with E-state index in [2.05, 4.69) is 23.8 Å². The van der Waals surface area contributed by atoms with E-state index in [0.717, 1.165) is 25.2 Å². The van der Waals surface area contributed by atoms with Crippen molar-refractivity contribution in [3.8, 4) is 0 Å². The molecule has 2 N–H and O–H groups in total. The minimum absolute atomic E-state index is 0.203. The monoisotopic (exact) mass is 316 g/mol. The standard InChI is InChI=1S/C17H24N4O2/c1-3-20(4-2)10-11-23-17(22)15-13-21(19-16(15)18)12-14-8-6-5-7-9-14/h5-9,13H,3-4,10-12H2,1-2H3,(H2,18,19). The minimum Gasteiger partial charge on any atom is -0.461 e. The van der Waals surface area contributed by atoms with Gasteiger partial charge < -0.3 is 15.4 Å². The molecule has 0 aliphatic heterocycles. The quantitative estimate of drug-likeness (QED) is 0.754. The van der Waals surface area contributed by atoms with Gasteiger partial charge in [0.25, 0.3) is 0 Å². The number of rotatable bonds is 8. The second-order valence-electron chi connectivity index (χ2n) is 5.27. The number of nitrogen functional groups attached to an aromatic ring is 1. The van der Waals surface area contributed by atoms with Crippen molar-refractivity contribution in [3.05, 3.63) is 47.7 Å². The summed E-state index contributed by atoms with van der Waals surface area (Å²) in [6.45, 7) is 7.67. The molecular weight excluding hydrogens is 292 g/mol. The van der Waals surface area contributed by atoms with E-state index in [9.17, 15) is 4.79 Å². The van der Waals surface area contributed by atoms with E-state index in [1.807, 2.05) is 30.3 Å². The summed E-state index contributed by atoms with van der Waals surface area (Å²) in [6.07, 6.45) is 1.64. The molecule has 0 fully saturated rings. The van der Waals surface area contributed by atoms with Crippen molar-refractivity contribution in [2.45, 2.75) is 20.4 Å². The van der Waals surface area contributed by atoms with E-state index in [4.69, 9.17) is 10.5 Å². The van der Waals surface area contributed by atoms with E-state index in [1.54, 1.807) is 10.9 Å². The number of benzene rings is 1. The maximum Gasteiger partial charge on any atom is 0.343 e. The molecule has 2 aromatic rings. The van der Waals surface area contributed by atoms with Crippen LogP contribution in [0.3, 0.4) is 0 Å². The maximum absolute atomic E-state index is 12.1. The van der Waals surface area contributed by atoms with Gasteiger partial charge >= 0.3 is 5.97 Å². The highest BCUT2D eigenvalue weighted by molar-refractivity contribution is 5.93. The SMILES string of the molecule is CCN(CC)CCOC(=O)c1cn(Cc2ccccc2)nc1N. The zero-order valence-electron chi connectivity index (χ0n) is 13.7. The molecule has 2 rings (SSSR count). The molecular formula is C17H24N4O2. The second kappa shape index (κ2) is 8.33. The van der Waals surface area contributed by atoms with Crippen LogP contribution >= 0.6 is 0 Å². The molecule has 1 aromatic carbocycles. The molecule has 6 heteroatoms. The largest absolute Gasteiger partial charge is 0.461 e. The van der Waals surface area contributed by atoms with Crippen LogP contribution < -0.4 is 5.73 Å². The Labute approximate surface area is 136 Å². The maximum atomic E-state index is 12.1. The molecule has 124 valence electrons. The Bertz CT molecular complexity index is 621. The first-order valence-corrected chi connectivity index (χ1v) is 7.90. The Kier molecular flexibility index (Phi) is 6.17. The molecule has 0 unspecified atom stereocenters. The van der Waals surface area contributed by atoms with Gasteiger partial charge in [-0.2, -0.15) is 5.10 Å². The lowest BCUT2D eigenvalue weighted by Crippen LogP contribution is -2.28. The lowest BCUT2D eigenvalue weighted by molar-refractivity contribution is 0.0467. The molecule has 0 aliphatic rings. The zero-order chi connectivity index (χ0) is 16.7. The van der Waals surface area contributed by atoms with Crippen LogP contribution in [0, 0.1) is 0 Å². The molecule has 0 amide bonds. The zero-order valence-corrected chi connectivity index (χ0v) is 13.7. The van der Waals surface area contributed by atoms with Crippen LogP contribution in [0.2, 0.25) is 0 Å². The van der Waals surface area contributed by atoms with E-state index in [1.165, 1.54) is 0 Å². The van der Waals surface area contributed by atoms with E-state index in [-0.39, 0.29) is 5.82 Å². The molecule has 1 aromatic heterocycles. The predicted octanol–water partition coefficient (Wildman–Crippen LogP) is 2.01. The number of hydrogen-bond acceptors (Lipinski definition) is 5. The second-order valence-corrected chi connectivity index (χ2v) is 5.27. The number of nitrogens with zero attached hydrogens (tertiary/aromatic N) is 3. The lowest BCUT2D eigenvalue weighted by atomic mass is 10.2. The number of likely N-dealkylation sites (N-methyl/N-ethyl adjacent to an activating group) is 1. The van der Waals surface area contributed by atoms with Crippen molar-refractivity contribution in [2.24, 2.45) is 0 Å². The number of hydrogen-bond donors (Lipinski definition) is 1. The van der Waals surface area contributed by atoms with E-state index >= 15 is 0 Å². The lowest BCUT2D eigenvalue weighted by Gasteiger charge is -2.17. The highest BCUT2D eigenvalue weighted by Gasteiger charge is 2.16. The Morgan fingerprint density at radius 1 is 1.26 bits per heavy atom. The normalized spacial score (nSPS) is 10.9. The van der Waals surface area contributed by atoms with Gasteiger partial charge in [-0.05, 0) is 18.7 Å². The Hall–Kier alpha value is -2.34. The number of anilines is 1. The molecule has 0 saturated heterocycles. The fraction of sp³-hybridized carbons (Fsp3) is 0.412. The highest BCUT2D eigenvalue weighted by atomic mass is 16.5. The van der Waals surface area contributed by atoms with Crippen molar-refractivity contribution in [1.82, 2.24) is 14.7 Å². The number of ether oxygens (including phenoxy) is 1. The third kappa shape index (κ3) is 4.82. The number of aromatic nitrogens is 2. The summed E-state index contributed by atoms with van der Waals surface area (Å²) in [7, 11) is 0. The van der Waals surface area contributed by atoms with Crippen LogP contribution in [-0.4, -0.2) is 46.9 Å². The fourth-order valence-corrected chi connectivity index (χ4v) is 2.33. The minimum atomic E-state index is -0.422. The summed E-state index contributed by atoms with van der Waals surface area (Å²) in [5.41, 5.74) is 7.25. The van der Waals surface area contributed by atoms with Crippen molar-refractivity contribution < 1.29 is 9.53 Å². The summed E-state index contributed by atoms with van der Waals surface area (Å²) in [6, 6.07) is 9.88. The molecule has 0 radical (unpaired) electrons. The molecule has 0 aliphatic carbocycles. The van der Waals surface area contributed by atoms with Gasteiger partial charge in [0.1, 0.15) is 12.2 Å². The van der Waals surface area contributed by atoms with Crippen molar-refractivity contribution in [3.63, 3.8) is 0 Å². The van der Waals surface area contributed by atoms with Gasteiger partial charge in [-0.3, -0.25) is 4.68 Å². The average molecular weight is 316 g/mol. The van der Waals surface area contributed by atoms with Gasteiger partial charge in [-0.1, -0.05) is 44.2 Å². The fourth-order valence-electron chi connectivity index (χ4n) is 2.33. The topological polar surface area (TPSA) is 73.4 Å². The van der Waals surface area contributed by atoms with Gasteiger partial charge in [0.15, 0.2) is 5.82 Å². The first kappa shape index (κ1) is 17.0. The van der Waals surface area contributed by atoms with Crippen LogP contribution in [0.5, 0.6) is 0 Å². The molecule has 0 bridgehead atoms. The smallest absolute Gasteiger partial charge is 0.343 e. The molecule has 0 spiro atoms. The summed E-state index contributed by atoms with van der Waals surface area (Å²) in [4.78, 5) is 14.3. The first-order valence-electron chi connectivity index (χ1n) is 7.90. The van der Waals surface area contributed by atoms with E-state index < -0.39 is 5.97 Å². The van der Waals surface area contributed by atoms with Gasteiger partial charge in [0.2, 0.25) is 0 Å². The van der Waals surface area contributed by atoms with Crippen LogP contribution in [0.25, 0.3) is 0 Å². The summed E-state index contributed by atoms with van der Waals surface area (Å²) in [5.74, 6) is -0.220. The van der Waals surface area contributed by atoms with Crippen LogP contribution in [-0.2, 0) is 11.3 Å². The third-order valence-electron chi connectivity index (χ3n) is 3.73. The number of carbonyl (C=O) groups is 1. The summed E-state index contributed by atoms with van der Waals surface area (Å²) < 4.78 is 6.95. The van der Waals surface area contributed by atoms with Gasteiger partial charge in [0.05, 0.1) is 6.54 Å². The van der Waals surface area contributed by atoms with Crippen molar-refractivity contribution >= 4 is 11.8 Å². The number of carbonyl (C=O) groups excluding carboxylic acids is 1. The summed E-state index contributed by atoms with van der Waals surface area (Å²) in [5, 5.41) is 4.19. The van der Waals surface area contributed by atoms with Gasteiger partial charge in [-0.15, -0.1) is 0 Å². The van der Waals surface area contributed by atoms with Crippen molar-refractivity contribution in [1.29, 1.82) is 0 Å². The molecule has 1 heterocycles. The van der Waals surface area contributed by atoms with Crippen LogP contribution in [0.4, 0.5) is 5.82 Å². The molecule has 6 nitrogen and oxygen atoms in total. The summed E-state index contributed by atoms with van der Waals surface area (Å²) >= 11 is 0. The first-order chi connectivity index (χ1) is 11.1.